The summed E-state index contributed by atoms with van der Waals surface area (Å²) >= 11 is 0. The van der Waals surface area contributed by atoms with Crippen LogP contribution < -0.4 is 10.6 Å². The normalized spacial score (nSPS) is 20.4. The van der Waals surface area contributed by atoms with Crippen LogP contribution in [0.15, 0.2) is 4.99 Å². The Morgan fingerprint density at radius 2 is 1.93 bits per heavy atom. The molecule has 1 unspecified atom stereocenters. The Hall–Kier alpha value is -1.79. The molecule has 2 N–H and O–H groups in total. The van der Waals surface area contributed by atoms with Gasteiger partial charge in [-0.05, 0) is 39.0 Å². The van der Waals surface area contributed by atoms with Gasteiger partial charge in [-0.2, -0.15) is 0 Å². The van der Waals surface area contributed by atoms with Crippen LogP contribution in [-0.2, 0) is 9.59 Å². The van der Waals surface area contributed by atoms with E-state index >= 15 is 0 Å². The van der Waals surface area contributed by atoms with Gasteiger partial charge in [0.05, 0.1) is 12.0 Å². The lowest BCUT2D eigenvalue weighted by Gasteiger charge is -2.29. The minimum atomic E-state index is -0.347. The van der Waals surface area contributed by atoms with E-state index in [0.717, 1.165) is 70.5 Å². The predicted molar refractivity (Wildman–Crippen MR) is 113 cm³/mol. The molecule has 1 aliphatic carbocycles. The molecule has 7 heteroatoms. The minimum Gasteiger partial charge on any atom is -0.357 e. The van der Waals surface area contributed by atoms with Gasteiger partial charge in [-0.15, -0.1) is 0 Å². The van der Waals surface area contributed by atoms with Crippen molar-refractivity contribution in [3.05, 3.63) is 0 Å². The van der Waals surface area contributed by atoms with Crippen LogP contribution in [0.25, 0.3) is 0 Å². The van der Waals surface area contributed by atoms with Crippen LogP contribution in [-0.4, -0.2) is 73.9 Å². The van der Waals surface area contributed by atoms with Crippen molar-refractivity contribution in [2.24, 2.45) is 10.4 Å². The molecular weight excluding hydrogens is 354 g/mol. The Morgan fingerprint density at radius 1 is 1.21 bits per heavy atom. The van der Waals surface area contributed by atoms with Gasteiger partial charge in [0.2, 0.25) is 11.8 Å². The summed E-state index contributed by atoms with van der Waals surface area (Å²) < 4.78 is 0. The summed E-state index contributed by atoms with van der Waals surface area (Å²) in [7, 11) is 3.67. The van der Waals surface area contributed by atoms with E-state index in [4.69, 9.17) is 4.99 Å². The van der Waals surface area contributed by atoms with Gasteiger partial charge < -0.3 is 20.4 Å². The highest BCUT2D eigenvalue weighted by Crippen LogP contribution is 2.39. The van der Waals surface area contributed by atoms with Crippen LogP contribution >= 0.6 is 0 Å². The average molecular weight is 394 g/mol. The largest absolute Gasteiger partial charge is 0.357 e. The Balaban J connectivity index is 1.94. The molecule has 0 aromatic carbocycles. The monoisotopic (exact) mass is 393 g/mol. The summed E-state index contributed by atoms with van der Waals surface area (Å²) in [6.45, 7) is 7.16. The Labute approximate surface area is 170 Å². The van der Waals surface area contributed by atoms with E-state index in [1.54, 1.807) is 4.90 Å². The van der Waals surface area contributed by atoms with Gasteiger partial charge in [-0.25, -0.2) is 0 Å². The maximum Gasteiger partial charge on any atom is 0.230 e. The molecule has 28 heavy (non-hydrogen) atoms. The first-order valence-corrected chi connectivity index (χ1v) is 11.0. The maximum atomic E-state index is 12.7. The van der Waals surface area contributed by atoms with Gasteiger partial charge >= 0.3 is 0 Å². The number of guanidine groups is 1. The van der Waals surface area contributed by atoms with Crippen molar-refractivity contribution < 1.29 is 9.59 Å². The molecule has 0 radical (unpaired) electrons. The number of amides is 2. The summed E-state index contributed by atoms with van der Waals surface area (Å²) in [6, 6.07) is 0.293. The van der Waals surface area contributed by atoms with E-state index in [2.05, 4.69) is 17.6 Å². The number of nitrogens with one attached hydrogen (secondary N) is 2. The quantitative estimate of drug-likeness (QED) is 0.464. The topological polar surface area (TPSA) is 77.0 Å². The average Bonchev–Trinajstić information content (AvgIpc) is 3.32. The fraction of sp³-hybridized carbons (Fsp3) is 0.857. The van der Waals surface area contributed by atoms with Crippen molar-refractivity contribution in [1.82, 2.24) is 20.4 Å². The number of carbonyl (C=O) groups is 2. The van der Waals surface area contributed by atoms with Gasteiger partial charge in [0.15, 0.2) is 5.96 Å². The lowest BCUT2D eigenvalue weighted by molar-refractivity contribution is -0.138. The molecule has 1 saturated carbocycles. The van der Waals surface area contributed by atoms with Crippen LogP contribution in [0.4, 0.5) is 0 Å². The number of nitrogens with zero attached hydrogens (tertiary/aromatic N) is 3. The SMILES string of the molecule is CCNC(=NCC1(C(=O)N(C)C)CCCC1)NCCC(CC)N1CCCC1=O. The van der Waals surface area contributed by atoms with Crippen LogP contribution in [0.5, 0.6) is 0 Å². The zero-order valence-corrected chi connectivity index (χ0v) is 18.2. The number of likely N-dealkylation sites (tertiary alicyclic amines) is 1. The van der Waals surface area contributed by atoms with Crippen molar-refractivity contribution in [2.45, 2.75) is 71.3 Å². The summed E-state index contributed by atoms with van der Waals surface area (Å²) in [6.07, 6.45) is 7.59. The molecule has 1 atom stereocenters. The molecular formula is C21H39N5O2. The fourth-order valence-corrected chi connectivity index (χ4v) is 4.53. The molecule has 0 aromatic heterocycles. The van der Waals surface area contributed by atoms with Gasteiger partial charge in [-0.1, -0.05) is 19.8 Å². The highest BCUT2D eigenvalue weighted by Gasteiger charge is 2.42. The highest BCUT2D eigenvalue weighted by molar-refractivity contribution is 5.84. The second-order valence-corrected chi connectivity index (χ2v) is 8.35. The molecule has 0 spiro atoms. The third-order valence-electron chi connectivity index (χ3n) is 6.10. The standard InChI is InChI=1S/C21H39N5O2/c1-5-17(26-15-9-10-18(26)27)11-14-23-20(22-6-2)24-16-21(12-7-8-13-21)19(28)25(3)4/h17H,5-16H2,1-4H3,(H2,22,23,24). The molecule has 1 saturated heterocycles. The smallest absolute Gasteiger partial charge is 0.230 e. The second kappa shape index (κ2) is 10.7. The van der Waals surface area contributed by atoms with E-state index < -0.39 is 0 Å². The molecule has 160 valence electrons. The van der Waals surface area contributed by atoms with Crippen molar-refractivity contribution in [3.8, 4) is 0 Å². The van der Waals surface area contributed by atoms with Crippen molar-refractivity contribution in [2.75, 3.05) is 40.3 Å². The first-order chi connectivity index (χ1) is 13.4. The van der Waals surface area contributed by atoms with Gasteiger partial charge in [0.25, 0.3) is 0 Å². The number of rotatable bonds is 9. The number of aliphatic imine (C=N–C) groups is 1. The lowest BCUT2D eigenvalue weighted by atomic mass is 9.85. The van der Waals surface area contributed by atoms with E-state index in [1.165, 1.54) is 0 Å². The summed E-state index contributed by atoms with van der Waals surface area (Å²) in [5.74, 6) is 1.25. The molecule has 2 rings (SSSR count). The predicted octanol–water partition coefficient (Wildman–Crippen LogP) is 1.98. The molecule has 2 aliphatic rings. The van der Waals surface area contributed by atoms with Crippen molar-refractivity contribution in [3.63, 3.8) is 0 Å². The summed E-state index contributed by atoms with van der Waals surface area (Å²) in [5.41, 5.74) is -0.347. The van der Waals surface area contributed by atoms with Crippen LogP contribution in [0, 0.1) is 5.41 Å². The van der Waals surface area contributed by atoms with Crippen LogP contribution in [0.2, 0.25) is 0 Å². The first-order valence-electron chi connectivity index (χ1n) is 11.0. The Bertz CT molecular complexity index is 555. The maximum absolute atomic E-state index is 12.7. The van der Waals surface area contributed by atoms with Gasteiger partial charge in [0.1, 0.15) is 0 Å². The zero-order valence-electron chi connectivity index (χ0n) is 18.2. The van der Waals surface area contributed by atoms with E-state index in [-0.39, 0.29) is 17.2 Å². The summed E-state index contributed by atoms with van der Waals surface area (Å²) in [5, 5.41) is 6.70. The van der Waals surface area contributed by atoms with E-state index in [0.29, 0.717) is 19.0 Å². The van der Waals surface area contributed by atoms with E-state index in [9.17, 15) is 9.59 Å². The van der Waals surface area contributed by atoms with Crippen LogP contribution in [0.1, 0.15) is 65.2 Å². The first kappa shape index (κ1) is 22.5. The molecule has 1 heterocycles. The van der Waals surface area contributed by atoms with Crippen LogP contribution in [0.3, 0.4) is 0 Å². The molecule has 7 nitrogen and oxygen atoms in total. The Kier molecular flexibility index (Phi) is 8.58. The zero-order chi connectivity index (χ0) is 20.6. The van der Waals surface area contributed by atoms with Gasteiger partial charge in [-0.3, -0.25) is 14.6 Å². The summed E-state index contributed by atoms with van der Waals surface area (Å²) in [4.78, 5) is 33.3. The van der Waals surface area contributed by atoms with Gasteiger partial charge in [0, 0.05) is 46.2 Å². The fourth-order valence-electron chi connectivity index (χ4n) is 4.53. The Morgan fingerprint density at radius 3 is 2.46 bits per heavy atom. The molecule has 2 fully saturated rings. The third-order valence-corrected chi connectivity index (χ3v) is 6.10. The molecule has 0 bridgehead atoms. The number of carbonyl (C=O) groups excluding carboxylic acids is 2. The van der Waals surface area contributed by atoms with Crippen molar-refractivity contribution in [1.29, 1.82) is 0 Å². The number of hydrogen-bond donors (Lipinski definition) is 2. The third kappa shape index (κ3) is 5.61. The molecule has 2 amide bonds. The molecule has 0 aromatic rings. The lowest BCUT2D eigenvalue weighted by Crippen LogP contribution is -2.44. The highest BCUT2D eigenvalue weighted by atomic mass is 16.2. The minimum absolute atomic E-state index is 0.197. The number of hydrogen-bond acceptors (Lipinski definition) is 3. The second-order valence-electron chi connectivity index (χ2n) is 8.35. The van der Waals surface area contributed by atoms with Crippen molar-refractivity contribution >= 4 is 17.8 Å². The van der Waals surface area contributed by atoms with E-state index in [1.807, 2.05) is 25.9 Å². The molecule has 1 aliphatic heterocycles.